The van der Waals surface area contributed by atoms with E-state index in [4.69, 9.17) is 0 Å². The van der Waals surface area contributed by atoms with Crippen molar-refractivity contribution in [1.29, 1.82) is 0 Å². The number of aryl methyl sites for hydroxylation is 1. The van der Waals surface area contributed by atoms with Gasteiger partial charge in [-0.15, -0.1) is 0 Å². The Bertz CT molecular complexity index is 894. The maximum Gasteiger partial charge on any atom is 0.240 e. The molecular formula is C18H18N2O3S. The number of carbonyl (C=O) groups excluding carboxylic acids is 1. The maximum atomic E-state index is 12.6. The minimum Gasteiger partial charge on any atom is -0.326 e. The third kappa shape index (κ3) is 2.95. The first-order valence-electron chi connectivity index (χ1n) is 8.03. The topological polar surface area (TPSA) is 75.3 Å². The minimum atomic E-state index is -3.55. The van der Waals surface area contributed by atoms with Crippen LogP contribution in [0.2, 0.25) is 0 Å². The summed E-state index contributed by atoms with van der Waals surface area (Å²) in [5.41, 5.74) is 2.74. The lowest BCUT2D eigenvalue weighted by Crippen LogP contribution is -2.27. The average Bonchev–Trinajstić information content (AvgIpc) is 3.33. The van der Waals surface area contributed by atoms with E-state index in [-0.39, 0.29) is 22.8 Å². The first kappa shape index (κ1) is 15.4. The van der Waals surface area contributed by atoms with E-state index in [0.717, 1.165) is 12.0 Å². The first-order chi connectivity index (χ1) is 11.5. The molecule has 2 atom stereocenters. The van der Waals surface area contributed by atoms with Crippen LogP contribution in [0.25, 0.3) is 0 Å². The lowest BCUT2D eigenvalue weighted by molar-refractivity contribution is -0.116. The van der Waals surface area contributed by atoms with Crippen molar-refractivity contribution in [1.82, 2.24) is 4.72 Å². The second-order valence-electron chi connectivity index (χ2n) is 6.35. The summed E-state index contributed by atoms with van der Waals surface area (Å²) >= 11 is 0. The van der Waals surface area contributed by atoms with Crippen LogP contribution in [0.5, 0.6) is 0 Å². The van der Waals surface area contributed by atoms with Gasteiger partial charge in [0.15, 0.2) is 0 Å². The van der Waals surface area contributed by atoms with Crippen molar-refractivity contribution in [2.24, 2.45) is 0 Å². The van der Waals surface area contributed by atoms with Gasteiger partial charge in [-0.2, -0.15) is 0 Å². The summed E-state index contributed by atoms with van der Waals surface area (Å²) in [6, 6.07) is 14.8. The van der Waals surface area contributed by atoms with Gasteiger partial charge < -0.3 is 5.32 Å². The second kappa shape index (κ2) is 5.72. The van der Waals surface area contributed by atoms with Crippen LogP contribution in [-0.4, -0.2) is 20.4 Å². The Labute approximate surface area is 141 Å². The number of carbonyl (C=O) groups is 1. The maximum absolute atomic E-state index is 12.6. The highest BCUT2D eigenvalue weighted by molar-refractivity contribution is 7.89. The molecule has 24 heavy (non-hydrogen) atoms. The lowest BCUT2D eigenvalue weighted by atomic mass is 10.0. The Balaban J connectivity index is 1.51. The van der Waals surface area contributed by atoms with E-state index in [9.17, 15) is 13.2 Å². The number of fused-ring (bicyclic) bond motifs is 1. The molecule has 2 aliphatic rings. The second-order valence-corrected chi connectivity index (χ2v) is 8.06. The third-order valence-corrected chi connectivity index (χ3v) is 6.09. The molecular weight excluding hydrogens is 324 g/mol. The molecule has 1 aliphatic heterocycles. The predicted octanol–water partition coefficient (Wildman–Crippen LogP) is 2.41. The molecule has 1 heterocycles. The summed E-state index contributed by atoms with van der Waals surface area (Å²) in [7, 11) is -3.55. The van der Waals surface area contributed by atoms with Gasteiger partial charge >= 0.3 is 0 Å². The molecule has 4 rings (SSSR count). The zero-order valence-electron chi connectivity index (χ0n) is 13.0. The molecule has 1 fully saturated rings. The normalized spacial score (nSPS) is 22.6. The molecule has 2 aromatic rings. The largest absolute Gasteiger partial charge is 0.326 e. The van der Waals surface area contributed by atoms with Crippen molar-refractivity contribution in [3.63, 3.8) is 0 Å². The van der Waals surface area contributed by atoms with E-state index in [1.807, 2.05) is 30.3 Å². The van der Waals surface area contributed by atoms with Crippen molar-refractivity contribution in [2.75, 3.05) is 5.32 Å². The summed E-state index contributed by atoms with van der Waals surface area (Å²) in [6.45, 7) is 0. The molecule has 2 aromatic carbocycles. The fourth-order valence-electron chi connectivity index (χ4n) is 3.19. The van der Waals surface area contributed by atoms with Gasteiger partial charge in [0, 0.05) is 24.1 Å². The fraction of sp³-hybridized carbons (Fsp3) is 0.278. The molecule has 1 aliphatic carbocycles. The van der Waals surface area contributed by atoms with Crippen LogP contribution in [0, 0.1) is 0 Å². The highest BCUT2D eigenvalue weighted by Crippen LogP contribution is 2.41. The van der Waals surface area contributed by atoms with Crippen molar-refractivity contribution in [2.45, 2.75) is 36.1 Å². The van der Waals surface area contributed by atoms with Crippen molar-refractivity contribution >= 4 is 21.6 Å². The number of nitrogens with one attached hydrogen (secondary N) is 2. The van der Waals surface area contributed by atoms with Gasteiger partial charge in [-0.1, -0.05) is 30.3 Å². The zero-order valence-corrected chi connectivity index (χ0v) is 13.8. The Morgan fingerprint density at radius 3 is 2.62 bits per heavy atom. The van der Waals surface area contributed by atoms with Gasteiger partial charge in [0.25, 0.3) is 0 Å². The summed E-state index contributed by atoms with van der Waals surface area (Å²) in [5, 5.41) is 2.77. The molecule has 0 spiro atoms. The van der Waals surface area contributed by atoms with Crippen LogP contribution < -0.4 is 10.0 Å². The first-order valence-corrected chi connectivity index (χ1v) is 9.51. The number of amides is 1. The average molecular weight is 342 g/mol. The third-order valence-electron chi connectivity index (χ3n) is 4.61. The molecule has 2 N–H and O–H groups in total. The Morgan fingerprint density at radius 1 is 1.04 bits per heavy atom. The Kier molecular flexibility index (Phi) is 3.66. The number of hydrogen-bond acceptors (Lipinski definition) is 3. The summed E-state index contributed by atoms with van der Waals surface area (Å²) in [6.07, 6.45) is 1.79. The number of anilines is 1. The predicted molar refractivity (Wildman–Crippen MR) is 91.3 cm³/mol. The van der Waals surface area contributed by atoms with Gasteiger partial charge in [0.1, 0.15) is 0 Å². The molecule has 0 bridgehead atoms. The van der Waals surface area contributed by atoms with E-state index in [2.05, 4.69) is 10.0 Å². The fourth-order valence-corrected chi connectivity index (χ4v) is 4.53. The smallest absolute Gasteiger partial charge is 0.240 e. The molecule has 1 amide bonds. The number of hydrogen-bond donors (Lipinski definition) is 2. The monoisotopic (exact) mass is 342 g/mol. The molecule has 0 radical (unpaired) electrons. The van der Waals surface area contributed by atoms with Gasteiger partial charge in [-0.25, -0.2) is 13.1 Å². The summed E-state index contributed by atoms with van der Waals surface area (Å²) < 4.78 is 28.0. The van der Waals surface area contributed by atoms with Gasteiger partial charge in [-0.05, 0) is 42.2 Å². The molecule has 0 saturated heterocycles. The van der Waals surface area contributed by atoms with Crippen LogP contribution in [0.15, 0.2) is 53.4 Å². The van der Waals surface area contributed by atoms with Gasteiger partial charge in [0.2, 0.25) is 15.9 Å². The lowest BCUT2D eigenvalue weighted by Gasteiger charge is -2.17. The summed E-state index contributed by atoms with van der Waals surface area (Å²) in [4.78, 5) is 11.7. The van der Waals surface area contributed by atoms with E-state index in [1.54, 1.807) is 18.2 Å². The Hall–Kier alpha value is -2.18. The van der Waals surface area contributed by atoms with Crippen LogP contribution in [0.4, 0.5) is 5.69 Å². The van der Waals surface area contributed by atoms with Crippen LogP contribution >= 0.6 is 0 Å². The summed E-state index contributed by atoms with van der Waals surface area (Å²) in [5.74, 6) is 0.220. The highest BCUT2D eigenvalue weighted by atomic mass is 32.2. The molecule has 5 nitrogen and oxygen atoms in total. The van der Waals surface area contributed by atoms with E-state index < -0.39 is 10.0 Å². The molecule has 1 saturated carbocycles. The van der Waals surface area contributed by atoms with E-state index >= 15 is 0 Å². The van der Waals surface area contributed by atoms with Crippen LogP contribution in [0.3, 0.4) is 0 Å². The number of sulfonamides is 1. The minimum absolute atomic E-state index is 0.0279. The van der Waals surface area contributed by atoms with Crippen LogP contribution in [0.1, 0.15) is 29.9 Å². The standard InChI is InChI=1S/C18H18N2O3S/c21-18-9-6-13-10-14(7-8-16(13)19-18)24(22,23)20-17-11-15(17)12-4-2-1-3-5-12/h1-5,7-8,10,15,17,20H,6,9,11H2,(H,19,21)/t15-,17+/m1/s1. The van der Waals surface area contributed by atoms with E-state index in [1.165, 1.54) is 5.56 Å². The molecule has 0 unspecified atom stereocenters. The molecule has 6 heteroatoms. The van der Waals surface area contributed by atoms with Crippen molar-refractivity contribution in [3.05, 3.63) is 59.7 Å². The number of rotatable bonds is 4. The van der Waals surface area contributed by atoms with E-state index in [0.29, 0.717) is 18.5 Å². The molecule has 124 valence electrons. The molecule has 0 aromatic heterocycles. The van der Waals surface area contributed by atoms with Crippen molar-refractivity contribution < 1.29 is 13.2 Å². The zero-order chi connectivity index (χ0) is 16.7. The SMILES string of the molecule is O=C1CCc2cc(S(=O)(=O)N[C@H]3C[C@@H]3c3ccccc3)ccc2N1. The van der Waals surface area contributed by atoms with Gasteiger partial charge in [-0.3, -0.25) is 4.79 Å². The van der Waals surface area contributed by atoms with Crippen molar-refractivity contribution in [3.8, 4) is 0 Å². The van der Waals surface area contributed by atoms with Gasteiger partial charge in [0.05, 0.1) is 4.90 Å². The number of benzene rings is 2. The Morgan fingerprint density at radius 2 is 1.83 bits per heavy atom. The van der Waals surface area contributed by atoms with Crippen LogP contribution in [-0.2, 0) is 21.2 Å². The quantitative estimate of drug-likeness (QED) is 0.896. The highest BCUT2D eigenvalue weighted by Gasteiger charge is 2.41.